The molecule has 0 aliphatic rings. The number of unbranched alkanes of at least 4 members (excludes halogenated alkanes) is 1. The average Bonchev–Trinajstić information content (AvgIpc) is 2.77. The lowest BCUT2D eigenvalue weighted by molar-refractivity contribution is -0.159. The van der Waals surface area contributed by atoms with Crippen molar-refractivity contribution >= 4 is 23.9 Å². The molecule has 0 aromatic rings. The van der Waals surface area contributed by atoms with Gasteiger partial charge in [-0.1, -0.05) is 13.5 Å². The van der Waals surface area contributed by atoms with Gasteiger partial charge in [0.1, 0.15) is 25.9 Å². The molecule has 0 fully saturated rings. The summed E-state index contributed by atoms with van der Waals surface area (Å²) < 4.78 is 24.9. The van der Waals surface area contributed by atoms with Crippen LogP contribution in [0, 0.1) is 5.41 Å². The summed E-state index contributed by atoms with van der Waals surface area (Å²) in [5, 5.41) is 9.73. The van der Waals surface area contributed by atoms with Gasteiger partial charge in [0, 0.05) is 12.7 Å². The minimum absolute atomic E-state index is 0.0185. The van der Waals surface area contributed by atoms with Gasteiger partial charge in [0.25, 0.3) is 0 Å². The Morgan fingerprint density at radius 2 is 1.47 bits per heavy atom. The van der Waals surface area contributed by atoms with Crippen molar-refractivity contribution in [3.05, 3.63) is 12.7 Å². The molecular formula is C22H36O10. The van der Waals surface area contributed by atoms with Crippen LogP contribution in [0.4, 0.5) is 0 Å². The first-order valence-corrected chi connectivity index (χ1v) is 10.7. The maximum atomic E-state index is 11.8. The predicted molar refractivity (Wildman–Crippen MR) is 113 cm³/mol. The van der Waals surface area contributed by atoms with Crippen LogP contribution in [0.1, 0.15) is 52.9 Å². The Kier molecular flexibility index (Phi) is 15.8. The summed E-state index contributed by atoms with van der Waals surface area (Å²) in [6.45, 7) is 8.90. The molecule has 0 heterocycles. The maximum absolute atomic E-state index is 11.8. The average molecular weight is 461 g/mol. The number of carbonyl (C=O) groups is 4. The third-order valence-corrected chi connectivity index (χ3v) is 4.39. The molecule has 0 amide bonds. The monoisotopic (exact) mass is 460 g/mol. The van der Waals surface area contributed by atoms with Gasteiger partial charge < -0.3 is 28.8 Å². The molecular weight excluding hydrogens is 424 g/mol. The van der Waals surface area contributed by atoms with Crippen molar-refractivity contribution in [3.63, 3.8) is 0 Å². The molecule has 184 valence electrons. The lowest BCUT2D eigenvalue weighted by Gasteiger charge is -2.20. The van der Waals surface area contributed by atoms with E-state index in [1.54, 1.807) is 13.8 Å². The number of hydrogen-bond donors (Lipinski definition) is 1. The lowest BCUT2D eigenvalue weighted by atomic mass is 9.91. The van der Waals surface area contributed by atoms with E-state index < -0.39 is 29.4 Å². The van der Waals surface area contributed by atoms with Crippen molar-refractivity contribution in [3.8, 4) is 0 Å². The van der Waals surface area contributed by atoms with Crippen LogP contribution >= 0.6 is 0 Å². The Bertz CT molecular complexity index is 600. The molecule has 0 radical (unpaired) electrons. The molecule has 1 atom stereocenters. The zero-order valence-electron chi connectivity index (χ0n) is 19.3. The standard InChI is InChI=1S/C22H36O10/c1-5-18(24)29-12-8-7-11-28-15-17(23)16-32-20(26)10-9-19(25)30-13-14-31-21(27)22(3,4)6-2/h5,17,23H,1,6-16H2,2-4H3. The molecule has 1 N–H and O–H groups in total. The molecule has 32 heavy (non-hydrogen) atoms. The van der Waals surface area contributed by atoms with Crippen LogP contribution in [0.15, 0.2) is 12.7 Å². The first-order valence-electron chi connectivity index (χ1n) is 10.7. The largest absolute Gasteiger partial charge is 0.463 e. The minimum Gasteiger partial charge on any atom is -0.463 e. The highest BCUT2D eigenvalue weighted by Gasteiger charge is 2.26. The fraction of sp³-hybridized carbons (Fsp3) is 0.727. The zero-order chi connectivity index (χ0) is 24.4. The molecule has 0 saturated carbocycles. The van der Waals surface area contributed by atoms with Gasteiger partial charge in [0.05, 0.1) is 31.5 Å². The van der Waals surface area contributed by atoms with Crippen molar-refractivity contribution < 1.29 is 48.0 Å². The lowest BCUT2D eigenvalue weighted by Crippen LogP contribution is -2.27. The summed E-state index contributed by atoms with van der Waals surface area (Å²) in [6, 6.07) is 0. The summed E-state index contributed by atoms with van der Waals surface area (Å²) in [5.41, 5.74) is -0.592. The Morgan fingerprint density at radius 1 is 0.875 bits per heavy atom. The predicted octanol–water partition coefficient (Wildman–Crippen LogP) is 1.72. The third kappa shape index (κ3) is 15.4. The highest BCUT2D eigenvalue weighted by Crippen LogP contribution is 2.21. The van der Waals surface area contributed by atoms with Crippen LogP contribution in [-0.2, 0) is 42.9 Å². The van der Waals surface area contributed by atoms with Gasteiger partial charge in [0.2, 0.25) is 0 Å². The molecule has 10 heteroatoms. The Labute approximate surface area is 189 Å². The fourth-order valence-electron chi connectivity index (χ4n) is 1.97. The van der Waals surface area contributed by atoms with Gasteiger partial charge in [-0.05, 0) is 33.1 Å². The van der Waals surface area contributed by atoms with E-state index in [2.05, 4.69) is 6.58 Å². The molecule has 0 aliphatic heterocycles. The van der Waals surface area contributed by atoms with E-state index in [4.69, 9.17) is 23.7 Å². The van der Waals surface area contributed by atoms with Crippen molar-refractivity contribution in [2.24, 2.45) is 5.41 Å². The number of esters is 4. The quantitative estimate of drug-likeness (QED) is 0.139. The minimum atomic E-state index is -0.994. The molecule has 1 unspecified atom stereocenters. The number of carbonyl (C=O) groups excluding carboxylic acids is 4. The Balaban J connectivity index is 3.70. The van der Waals surface area contributed by atoms with Crippen LogP contribution in [0.5, 0.6) is 0 Å². The molecule has 0 aromatic heterocycles. The fourth-order valence-corrected chi connectivity index (χ4v) is 1.97. The van der Waals surface area contributed by atoms with Crippen LogP contribution in [-0.4, -0.2) is 74.7 Å². The van der Waals surface area contributed by atoms with Gasteiger partial charge >= 0.3 is 23.9 Å². The number of aliphatic hydroxyl groups is 1. The van der Waals surface area contributed by atoms with Crippen LogP contribution < -0.4 is 0 Å². The number of aliphatic hydroxyl groups excluding tert-OH is 1. The number of ether oxygens (including phenoxy) is 5. The van der Waals surface area contributed by atoms with E-state index in [0.717, 1.165) is 6.08 Å². The number of hydrogen-bond acceptors (Lipinski definition) is 10. The number of rotatable bonds is 18. The van der Waals surface area contributed by atoms with Gasteiger partial charge in [-0.3, -0.25) is 14.4 Å². The van der Waals surface area contributed by atoms with Gasteiger partial charge in [-0.15, -0.1) is 0 Å². The maximum Gasteiger partial charge on any atom is 0.330 e. The van der Waals surface area contributed by atoms with Gasteiger partial charge in [-0.25, -0.2) is 4.79 Å². The van der Waals surface area contributed by atoms with E-state index in [1.807, 2.05) is 6.92 Å². The Morgan fingerprint density at radius 3 is 2.09 bits per heavy atom. The summed E-state index contributed by atoms with van der Waals surface area (Å²) in [7, 11) is 0. The first kappa shape index (κ1) is 29.5. The molecule has 0 saturated heterocycles. The summed E-state index contributed by atoms with van der Waals surface area (Å²) in [6.07, 6.45) is 1.59. The van der Waals surface area contributed by atoms with E-state index in [9.17, 15) is 24.3 Å². The van der Waals surface area contributed by atoms with Crippen molar-refractivity contribution in [2.75, 3.05) is 39.6 Å². The molecule has 0 spiro atoms. The summed E-state index contributed by atoms with van der Waals surface area (Å²) in [5.74, 6) is -2.11. The van der Waals surface area contributed by atoms with Crippen LogP contribution in [0.25, 0.3) is 0 Å². The van der Waals surface area contributed by atoms with E-state index in [0.29, 0.717) is 25.9 Å². The SMILES string of the molecule is C=CC(=O)OCCCCOCC(O)COC(=O)CCC(=O)OCCOC(=O)C(C)(C)CC. The summed E-state index contributed by atoms with van der Waals surface area (Å²) >= 11 is 0. The summed E-state index contributed by atoms with van der Waals surface area (Å²) in [4.78, 5) is 45.9. The molecule has 0 bridgehead atoms. The van der Waals surface area contributed by atoms with E-state index in [-0.39, 0.29) is 51.8 Å². The smallest absolute Gasteiger partial charge is 0.330 e. The second kappa shape index (κ2) is 17.1. The molecule has 10 nitrogen and oxygen atoms in total. The second-order valence-electron chi connectivity index (χ2n) is 7.58. The van der Waals surface area contributed by atoms with Crippen LogP contribution in [0.3, 0.4) is 0 Å². The molecule has 0 aliphatic carbocycles. The van der Waals surface area contributed by atoms with E-state index >= 15 is 0 Å². The zero-order valence-corrected chi connectivity index (χ0v) is 19.3. The van der Waals surface area contributed by atoms with Crippen LogP contribution in [0.2, 0.25) is 0 Å². The van der Waals surface area contributed by atoms with E-state index in [1.165, 1.54) is 0 Å². The first-order chi connectivity index (χ1) is 15.1. The topological polar surface area (TPSA) is 135 Å². The van der Waals surface area contributed by atoms with Crippen molar-refractivity contribution in [2.45, 2.75) is 59.0 Å². The molecule has 0 aromatic carbocycles. The highest BCUT2D eigenvalue weighted by molar-refractivity contribution is 5.81. The van der Waals surface area contributed by atoms with Crippen molar-refractivity contribution in [1.29, 1.82) is 0 Å². The van der Waals surface area contributed by atoms with Gasteiger partial charge in [-0.2, -0.15) is 0 Å². The Hall–Kier alpha value is -2.46. The second-order valence-corrected chi connectivity index (χ2v) is 7.58. The normalized spacial score (nSPS) is 11.9. The highest BCUT2D eigenvalue weighted by atomic mass is 16.6. The third-order valence-electron chi connectivity index (χ3n) is 4.39. The van der Waals surface area contributed by atoms with Crippen molar-refractivity contribution in [1.82, 2.24) is 0 Å². The molecule has 0 rings (SSSR count). The van der Waals surface area contributed by atoms with Gasteiger partial charge in [0.15, 0.2) is 0 Å².